The summed E-state index contributed by atoms with van der Waals surface area (Å²) in [7, 11) is 0. The van der Waals surface area contributed by atoms with Crippen LogP contribution >= 0.6 is 0 Å². The Kier molecular flexibility index (Phi) is 13.5. The predicted octanol–water partition coefficient (Wildman–Crippen LogP) is 10.8. The standard InChI is InChI=1S/C49H68O6/c1-45(2,3)35-23-36(46(4,5)6)26-43(25-35)54-31-39(50)29-52-41-19-15-33(16-20-41)49(13,14)34-17-21-42(22-18-34)53-30-40(51)32-55-44-27-37(47(7,8)9)24-38(28-44)48(10,11)12/h15-28,39-40,50-51H,29-32H2,1-14H3. The third kappa shape index (κ3) is 12.5. The van der Waals surface area contributed by atoms with Crippen LogP contribution in [0.15, 0.2) is 84.9 Å². The number of hydrogen-bond donors (Lipinski definition) is 2. The molecule has 2 unspecified atom stereocenters. The molecule has 0 radical (unpaired) electrons. The van der Waals surface area contributed by atoms with Crippen LogP contribution in [0.4, 0.5) is 0 Å². The first-order chi connectivity index (χ1) is 25.3. The lowest BCUT2D eigenvalue weighted by molar-refractivity contribution is 0.0625. The SMILES string of the molecule is CC(C)(C)c1cc(OCC(O)COc2ccc(C(C)(C)c3ccc(OCC(O)COc4cc(C(C)(C)C)cc(C(C)(C)C)c4)cc3)cc2)cc(C(C)(C)C)c1. The Bertz CT molecular complexity index is 1630. The average Bonchev–Trinajstić information content (AvgIpc) is 3.10. The van der Waals surface area contributed by atoms with Crippen LogP contribution < -0.4 is 18.9 Å². The molecule has 0 amide bonds. The molecular formula is C49H68O6. The van der Waals surface area contributed by atoms with Gasteiger partial charge in [0.2, 0.25) is 0 Å². The Morgan fingerprint density at radius 2 is 0.582 bits per heavy atom. The summed E-state index contributed by atoms with van der Waals surface area (Å²) < 4.78 is 24.0. The van der Waals surface area contributed by atoms with Crippen molar-refractivity contribution in [3.05, 3.63) is 118 Å². The van der Waals surface area contributed by atoms with Crippen LogP contribution in [0, 0.1) is 0 Å². The largest absolute Gasteiger partial charge is 0.491 e. The minimum Gasteiger partial charge on any atom is -0.491 e. The summed E-state index contributed by atoms with van der Waals surface area (Å²) in [6, 6.07) is 28.8. The van der Waals surface area contributed by atoms with E-state index in [-0.39, 0.29) is 53.5 Å². The van der Waals surface area contributed by atoms with Crippen LogP contribution in [-0.4, -0.2) is 48.8 Å². The average molecular weight is 753 g/mol. The molecule has 55 heavy (non-hydrogen) atoms. The van der Waals surface area contributed by atoms with E-state index in [1.54, 1.807) is 0 Å². The van der Waals surface area contributed by atoms with E-state index in [0.717, 1.165) is 22.6 Å². The van der Waals surface area contributed by atoms with Crippen molar-refractivity contribution in [3.8, 4) is 23.0 Å². The zero-order chi connectivity index (χ0) is 41.0. The smallest absolute Gasteiger partial charge is 0.122 e. The molecule has 0 spiro atoms. The van der Waals surface area contributed by atoms with Crippen molar-refractivity contribution in [1.29, 1.82) is 0 Å². The normalized spacial score (nSPS) is 14.0. The molecule has 6 heteroatoms. The fraction of sp³-hybridized carbons (Fsp3) is 0.510. The number of aliphatic hydroxyl groups is 2. The van der Waals surface area contributed by atoms with Crippen molar-refractivity contribution in [2.45, 2.75) is 136 Å². The van der Waals surface area contributed by atoms with Crippen LogP contribution in [0.3, 0.4) is 0 Å². The Morgan fingerprint density at radius 3 is 0.818 bits per heavy atom. The first kappa shape index (κ1) is 43.7. The van der Waals surface area contributed by atoms with Gasteiger partial charge in [0, 0.05) is 5.41 Å². The van der Waals surface area contributed by atoms with Gasteiger partial charge in [-0.15, -0.1) is 0 Å². The lowest BCUT2D eigenvalue weighted by Gasteiger charge is -2.27. The van der Waals surface area contributed by atoms with Crippen LogP contribution in [-0.2, 0) is 27.1 Å². The summed E-state index contributed by atoms with van der Waals surface area (Å²) in [6.45, 7) is 31.2. The third-order valence-corrected chi connectivity index (χ3v) is 10.2. The van der Waals surface area contributed by atoms with Gasteiger partial charge in [-0.1, -0.05) is 133 Å². The van der Waals surface area contributed by atoms with Gasteiger partial charge >= 0.3 is 0 Å². The van der Waals surface area contributed by atoms with Crippen molar-refractivity contribution in [2.75, 3.05) is 26.4 Å². The van der Waals surface area contributed by atoms with Gasteiger partial charge in [-0.25, -0.2) is 0 Å². The van der Waals surface area contributed by atoms with E-state index >= 15 is 0 Å². The van der Waals surface area contributed by atoms with Crippen molar-refractivity contribution in [3.63, 3.8) is 0 Å². The van der Waals surface area contributed by atoms with Gasteiger partial charge in [-0.05, 0) is 104 Å². The second-order valence-electron chi connectivity index (χ2n) is 19.7. The molecule has 4 rings (SSSR count). The van der Waals surface area contributed by atoms with E-state index in [2.05, 4.69) is 158 Å². The molecule has 0 aliphatic rings. The fourth-order valence-corrected chi connectivity index (χ4v) is 6.07. The summed E-state index contributed by atoms with van der Waals surface area (Å²) in [4.78, 5) is 0. The molecule has 6 nitrogen and oxygen atoms in total. The minimum atomic E-state index is -0.783. The summed E-state index contributed by atoms with van der Waals surface area (Å²) in [5, 5.41) is 21.4. The Labute approximate surface area is 332 Å². The van der Waals surface area contributed by atoms with Gasteiger partial charge in [-0.3, -0.25) is 0 Å². The highest BCUT2D eigenvalue weighted by atomic mass is 16.5. The van der Waals surface area contributed by atoms with Gasteiger partial charge in [0.1, 0.15) is 61.6 Å². The molecule has 0 aliphatic carbocycles. The molecule has 2 N–H and O–H groups in total. The maximum absolute atomic E-state index is 10.7. The van der Waals surface area contributed by atoms with Crippen LogP contribution in [0.5, 0.6) is 23.0 Å². The molecule has 4 aromatic carbocycles. The van der Waals surface area contributed by atoms with Crippen molar-refractivity contribution >= 4 is 0 Å². The molecule has 0 aromatic heterocycles. The summed E-state index contributed by atoms with van der Waals surface area (Å²) in [5.74, 6) is 2.90. The van der Waals surface area contributed by atoms with Crippen LogP contribution in [0.1, 0.15) is 130 Å². The van der Waals surface area contributed by atoms with Crippen LogP contribution in [0.25, 0.3) is 0 Å². The second kappa shape index (κ2) is 17.0. The molecule has 2 atom stereocenters. The molecule has 0 saturated heterocycles. The Morgan fingerprint density at radius 1 is 0.345 bits per heavy atom. The van der Waals surface area contributed by atoms with E-state index in [4.69, 9.17) is 18.9 Å². The zero-order valence-corrected chi connectivity index (χ0v) is 36.1. The van der Waals surface area contributed by atoms with Crippen LogP contribution in [0.2, 0.25) is 0 Å². The highest BCUT2D eigenvalue weighted by molar-refractivity contribution is 5.43. The maximum Gasteiger partial charge on any atom is 0.122 e. The van der Waals surface area contributed by atoms with E-state index in [1.807, 2.05) is 24.3 Å². The minimum absolute atomic E-state index is 0.0155. The Balaban J connectivity index is 1.28. The van der Waals surface area contributed by atoms with E-state index in [1.165, 1.54) is 22.3 Å². The maximum atomic E-state index is 10.7. The summed E-state index contributed by atoms with van der Waals surface area (Å²) >= 11 is 0. The van der Waals surface area contributed by atoms with E-state index < -0.39 is 12.2 Å². The molecule has 0 heterocycles. The van der Waals surface area contributed by atoms with E-state index in [9.17, 15) is 10.2 Å². The van der Waals surface area contributed by atoms with Crippen molar-refractivity contribution in [2.24, 2.45) is 0 Å². The van der Waals surface area contributed by atoms with Crippen molar-refractivity contribution < 1.29 is 29.2 Å². The Hall–Kier alpha value is -4.00. The predicted molar refractivity (Wildman–Crippen MR) is 227 cm³/mol. The molecular weight excluding hydrogens is 685 g/mol. The van der Waals surface area contributed by atoms with E-state index in [0.29, 0.717) is 11.5 Å². The van der Waals surface area contributed by atoms with Gasteiger partial charge in [0.05, 0.1) is 0 Å². The third-order valence-electron chi connectivity index (χ3n) is 10.2. The molecule has 0 aliphatic heterocycles. The van der Waals surface area contributed by atoms with Gasteiger partial charge in [0.15, 0.2) is 0 Å². The first-order valence-electron chi connectivity index (χ1n) is 19.7. The number of ether oxygens (including phenoxy) is 4. The zero-order valence-electron chi connectivity index (χ0n) is 36.1. The number of aliphatic hydroxyl groups excluding tert-OH is 2. The number of benzene rings is 4. The number of hydrogen-bond acceptors (Lipinski definition) is 6. The quantitative estimate of drug-likeness (QED) is 0.134. The monoisotopic (exact) mass is 753 g/mol. The van der Waals surface area contributed by atoms with Gasteiger partial charge < -0.3 is 29.2 Å². The molecule has 0 fully saturated rings. The summed E-state index contributed by atoms with van der Waals surface area (Å²) in [5.41, 5.74) is 6.74. The van der Waals surface area contributed by atoms with Crippen molar-refractivity contribution in [1.82, 2.24) is 0 Å². The molecule has 4 aromatic rings. The lowest BCUT2D eigenvalue weighted by Crippen LogP contribution is -2.25. The second-order valence-corrected chi connectivity index (χ2v) is 19.7. The lowest BCUT2D eigenvalue weighted by atomic mass is 9.78. The fourth-order valence-electron chi connectivity index (χ4n) is 6.07. The first-order valence-corrected chi connectivity index (χ1v) is 19.7. The van der Waals surface area contributed by atoms with Gasteiger partial charge in [-0.2, -0.15) is 0 Å². The highest BCUT2D eigenvalue weighted by Crippen LogP contribution is 2.36. The summed E-state index contributed by atoms with van der Waals surface area (Å²) in [6.07, 6.45) is -1.57. The molecule has 300 valence electrons. The highest BCUT2D eigenvalue weighted by Gasteiger charge is 2.25. The molecule has 0 saturated carbocycles. The molecule has 0 bridgehead atoms. The van der Waals surface area contributed by atoms with Gasteiger partial charge in [0.25, 0.3) is 0 Å². The topological polar surface area (TPSA) is 77.4 Å². The number of rotatable bonds is 14.